The van der Waals surface area contributed by atoms with E-state index in [1.165, 1.54) is 11.8 Å². The Morgan fingerprint density at radius 2 is 2.16 bits per heavy atom. The molecular weight excluding hydrogens is 314 g/mol. The second-order valence-corrected chi connectivity index (χ2v) is 5.01. The van der Waals surface area contributed by atoms with Crippen molar-refractivity contribution in [1.82, 2.24) is 5.32 Å². The molecule has 19 heavy (non-hydrogen) atoms. The second-order valence-electron chi connectivity index (χ2n) is 4.10. The van der Waals surface area contributed by atoms with Crippen molar-refractivity contribution in [2.24, 2.45) is 0 Å². The van der Waals surface area contributed by atoms with Crippen LogP contribution in [0.1, 0.15) is 13.3 Å². The Kier molecular flexibility index (Phi) is 3.84. The normalized spacial score (nSPS) is 15.2. The summed E-state index contributed by atoms with van der Waals surface area (Å²) < 4.78 is 0.779. The first-order valence-electron chi connectivity index (χ1n) is 5.66. The van der Waals surface area contributed by atoms with Gasteiger partial charge in [-0.2, -0.15) is 0 Å². The molecule has 2 N–H and O–H groups in total. The van der Waals surface area contributed by atoms with Crippen molar-refractivity contribution in [2.45, 2.75) is 13.3 Å². The van der Waals surface area contributed by atoms with Crippen molar-refractivity contribution in [1.29, 1.82) is 0 Å². The van der Waals surface area contributed by atoms with E-state index in [1.54, 1.807) is 18.2 Å². The molecule has 2 rings (SSSR count). The van der Waals surface area contributed by atoms with E-state index in [9.17, 15) is 14.4 Å². The summed E-state index contributed by atoms with van der Waals surface area (Å²) in [5, 5.41) is 4.91. The van der Waals surface area contributed by atoms with Crippen molar-refractivity contribution in [2.75, 3.05) is 16.8 Å². The van der Waals surface area contributed by atoms with Crippen LogP contribution in [-0.4, -0.2) is 24.4 Å². The molecule has 100 valence electrons. The third-order valence-corrected chi connectivity index (χ3v) is 3.11. The Morgan fingerprint density at radius 1 is 1.42 bits per heavy atom. The number of urea groups is 1. The zero-order valence-electron chi connectivity index (χ0n) is 10.2. The minimum Gasteiger partial charge on any atom is -0.325 e. The molecule has 1 aliphatic rings. The van der Waals surface area contributed by atoms with E-state index < -0.39 is 6.03 Å². The molecule has 1 saturated heterocycles. The number of hydrogen-bond acceptors (Lipinski definition) is 3. The Balaban J connectivity index is 2.36. The second kappa shape index (κ2) is 5.40. The van der Waals surface area contributed by atoms with Gasteiger partial charge in [-0.3, -0.25) is 19.8 Å². The molecule has 1 fully saturated rings. The standard InChI is InChI=1S/C12H12BrN3O3/c1-7(17)14-9-3-2-8(13)6-10(9)16-5-4-11(18)15-12(16)19/h2-3,6H,4-5H2,1H3,(H,14,17)(H,15,18,19). The minimum absolute atomic E-state index is 0.225. The van der Waals surface area contributed by atoms with Crippen LogP contribution in [0.25, 0.3) is 0 Å². The number of anilines is 2. The number of amides is 4. The molecular formula is C12H12BrN3O3. The van der Waals surface area contributed by atoms with Crippen LogP contribution in [0.2, 0.25) is 0 Å². The summed E-state index contributed by atoms with van der Waals surface area (Å²) in [6, 6.07) is 4.70. The number of nitrogens with zero attached hydrogens (tertiary/aromatic N) is 1. The monoisotopic (exact) mass is 325 g/mol. The summed E-state index contributed by atoms with van der Waals surface area (Å²) in [4.78, 5) is 35.6. The fraction of sp³-hybridized carbons (Fsp3) is 0.250. The van der Waals surface area contributed by atoms with Gasteiger partial charge in [-0.15, -0.1) is 0 Å². The van der Waals surface area contributed by atoms with Crippen LogP contribution in [-0.2, 0) is 9.59 Å². The van der Waals surface area contributed by atoms with Crippen molar-refractivity contribution >= 4 is 45.2 Å². The third-order valence-electron chi connectivity index (χ3n) is 2.62. The van der Waals surface area contributed by atoms with Gasteiger partial charge in [0.05, 0.1) is 11.4 Å². The SMILES string of the molecule is CC(=O)Nc1ccc(Br)cc1N1CCC(=O)NC1=O. The average Bonchev–Trinajstić information content (AvgIpc) is 2.31. The quantitative estimate of drug-likeness (QED) is 0.871. The van der Waals surface area contributed by atoms with Gasteiger partial charge in [0.1, 0.15) is 0 Å². The number of carbonyl (C=O) groups excluding carboxylic acids is 3. The lowest BCUT2D eigenvalue weighted by molar-refractivity contribution is -0.120. The van der Waals surface area contributed by atoms with Crippen LogP contribution in [0.3, 0.4) is 0 Å². The van der Waals surface area contributed by atoms with Gasteiger partial charge < -0.3 is 5.32 Å². The highest BCUT2D eigenvalue weighted by molar-refractivity contribution is 9.10. The lowest BCUT2D eigenvalue weighted by Crippen LogP contribution is -2.49. The van der Waals surface area contributed by atoms with Crippen LogP contribution < -0.4 is 15.5 Å². The molecule has 0 atom stereocenters. The highest BCUT2D eigenvalue weighted by Crippen LogP contribution is 2.30. The minimum atomic E-state index is -0.485. The first kappa shape index (κ1) is 13.5. The third kappa shape index (κ3) is 3.11. The predicted molar refractivity (Wildman–Crippen MR) is 73.9 cm³/mol. The molecule has 0 aromatic heterocycles. The van der Waals surface area contributed by atoms with Crippen molar-refractivity contribution in [3.05, 3.63) is 22.7 Å². The largest absolute Gasteiger partial charge is 0.328 e. The zero-order valence-corrected chi connectivity index (χ0v) is 11.8. The fourth-order valence-electron chi connectivity index (χ4n) is 1.82. The average molecular weight is 326 g/mol. The van der Waals surface area contributed by atoms with Crippen LogP contribution in [0, 0.1) is 0 Å². The smallest absolute Gasteiger partial charge is 0.325 e. The lowest BCUT2D eigenvalue weighted by Gasteiger charge is -2.28. The van der Waals surface area contributed by atoms with Gasteiger partial charge >= 0.3 is 6.03 Å². The Morgan fingerprint density at radius 3 is 2.79 bits per heavy atom. The topological polar surface area (TPSA) is 78.5 Å². The highest BCUT2D eigenvalue weighted by Gasteiger charge is 2.26. The zero-order chi connectivity index (χ0) is 14.0. The number of rotatable bonds is 2. The van der Waals surface area contributed by atoms with Gasteiger partial charge in [-0.25, -0.2) is 4.79 Å². The highest BCUT2D eigenvalue weighted by atomic mass is 79.9. The molecule has 4 amide bonds. The number of nitrogens with one attached hydrogen (secondary N) is 2. The van der Waals surface area contributed by atoms with Crippen LogP contribution in [0.4, 0.5) is 16.2 Å². The molecule has 1 heterocycles. The first-order valence-corrected chi connectivity index (χ1v) is 6.45. The number of hydrogen-bond donors (Lipinski definition) is 2. The molecule has 0 aliphatic carbocycles. The predicted octanol–water partition coefficient (Wildman–Crippen LogP) is 1.85. The molecule has 6 nitrogen and oxygen atoms in total. The molecule has 0 unspecified atom stereocenters. The fourth-order valence-corrected chi connectivity index (χ4v) is 2.17. The van der Waals surface area contributed by atoms with Gasteiger partial charge in [0, 0.05) is 24.4 Å². The molecule has 1 aromatic carbocycles. The van der Waals surface area contributed by atoms with Crippen molar-refractivity contribution < 1.29 is 14.4 Å². The maximum absolute atomic E-state index is 11.8. The lowest BCUT2D eigenvalue weighted by atomic mass is 10.2. The van der Waals surface area contributed by atoms with Gasteiger partial charge in [-0.05, 0) is 18.2 Å². The Labute approximate surface area is 118 Å². The Hall–Kier alpha value is -1.89. The summed E-state index contributed by atoms with van der Waals surface area (Å²) in [6.45, 7) is 1.68. The molecule has 0 saturated carbocycles. The number of benzene rings is 1. The summed E-state index contributed by atoms with van der Waals surface area (Å²) in [6.07, 6.45) is 0.234. The number of imide groups is 1. The van der Waals surface area contributed by atoms with E-state index in [1.807, 2.05) is 0 Å². The van der Waals surface area contributed by atoms with Crippen LogP contribution in [0.5, 0.6) is 0 Å². The van der Waals surface area contributed by atoms with Crippen molar-refractivity contribution in [3.63, 3.8) is 0 Å². The van der Waals surface area contributed by atoms with Crippen LogP contribution in [0.15, 0.2) is 22.7 Å². The molecule has 1 aromatic rings. The summed E-state index contributed by atoms with van der Waals surface area (Å²) in [5.74, 6) is -0.519. The summed E-state index contributed by atoms with van der Waals surface area (Å²) in [5.41, 5.74) is 1.08. The van der Waals surface area contributed by atoms with E-state index in [2.05, 4.69) is 26.6 Å². The van der Waals surface area contributed by atoms with E-state index in [0.29, 0.717) is 11.4 Å². The van der Waals surface area contributed by atoms with Gasteiger partial charge in [-0.1, -0.05) is 15.9 Å². The van der Waals surface area contributed by atoms with E-state index in [0.717, 1.165) is 4.47 Å². The van der Waals surface area contributed by atoms with E-state index in [-0.39, 0.29) is 24.8 Å². The van der Waals surface area contributed by atoms with Gasteiger partial charge in [0.2, 0.25) is 11.8 Å². The molecule has 0 radical (unpaired) electrons. The van der Waals surface area contributed by atoms with E-state index >= 15 is 0 Å². The van der Waals surface area contributed by atoms with Gasteiger partial charge in [0.15, 0.2) is 0 Å². The van der Waals surface area contributed by atoms with E-state index in [4.69, 9.17) is 0 Å². The molecule has 0 bridgehead atoms. The summed E-state index contributed by atoms with van der Waals surface area (Å²) in [7, 11) is 0. The molecule has 7 heteroatoms. The maximum atomic E-state index is 11.8. The number of carbonyl (C=O) groups is 3. The molecule has 0 spiro atoms. The summed E-state index contributed by atoms with van der Waals surface area (Å²) >= 11 is 3.32. The number of halogens is 1. The van der Waals surface area contributed by atoms with Crippen LogP contribution >= 0.6 is 15.9 Å². The maximum Gasteiger partial charge on any atom is 0.328 e. The molecule has 1 aliphatic heterocycles. The van der Waals surface area contributed by atoms with Gasteiger partial charge in [0.25, 0.3) is 0 Å². The van der Waals surface area contributed by atoms with Crippen molar-refractivity contribution in [3.8, 4) is 0 Å². The Bertz CT molecular complexity index is 559. The first-order chi connectivity index (χ1) is 8.97.